The molecule has 146 valence electrons. The smallest absolute Gasteiger partial charge is 0.270 e. The number of anilines is 1. The molecule has 28 heavy (non-hydrogen) atoms. The molecule has 0 saturated carbocycles. The van der Waals surface area contributed by atoms with Crippen molar-refractivity contribution >= 4 is 22.6 Å². The van der Waals surface area contributed by atoms with Crippen molar-refractivity contribution in [3.05, 3.63) is 54.1 Å². The second-order valence-corrected chi connectivity index (χ2v) is 7.89. The van der Waals surface area contributed by atoms with Gasteiger partial charge in [-0.2, -0.15) is 0 Å². The first-order valence-electron chi connectivity index (χ1n) is 10.1. The number of fused-ring (bicyclic) bond motifs is 1. The molecule has 3 heterocycles. The van der Waals surface area contributed by atoms with Gasteiger partial charge in [0.2, 0.25) is 0 Å². The van der Waals surface area contributed by atoms with Crippen LogP contribution in [-0.4, -0.2) is 33.9 Å². The molecule has 4 rings (SSSR count). The Morgan fingerprint density at radius 2 is 2.00 bits per heavy atom. The van der Waals surface area contributed by atoms with Gasteiger partial charge in [0.05, 0.1) is 17.1 Å². The molecule has 0 aliphatic carbocycles. The summed E-state index contributed by atoms with van der Waals surface area (Å²) in [6.45, 7) is 6.38. The number of carbonyl (C=O) groups is 1. The van der Waals surface area contributed by atoms with Crippen molar-refractivity contribution in [2.75, 3.05) is 18.0 Å². The Morgan fingerprint density at radius 3 is 2.75 bits per heavy atom. The van der Waals surface area contributed by atoms with Crippen LogP contribution >= 0.6 is 0 Å². The summed E-state index contributed by atoms with van der Waals surface area (Å²) >= 11 is 0. The molecule has 1 fully saturated rings. The number of hydrogen-bond donors (Lipinski definition) is 2. The van der Waals surface area contributed by atoms with Crippen LogP contribution in [0.1, 0.15) is 55.5 Å². The number of nitrogens with zero attached hydrogens (tertiary/aromatic N) is 3. The predicted octanol–water partition coefficient (Wildman–Crippen LogP) is 4.08. The molecule has 6 nitrogen and oxygen atoms in total. The van der Waals surface area contributed by atoms with Crippen molar-refractivity contribution in [1.29, 1.82) is 0 Å². The van der Waals surface area contributed by atoms with Crippen LogP contribution in [0.15, 0.2) is 42.6 Å². The summed E-state index contributed by atoms with van der Waals surface area (Å²) in [5.74, 6) is 1.05. The maximum atomic E-state index is 13.0. The highest BCUT2D eigenvalue weighted by molar-refractivity contribution is 5.93. The molecule has 0 bridgehead atoms. The van der Waals surface area contributed by atoms with Gasteiger partial charge in [-0.05, 0) is 49.4 Å². The van der Waals surface area contributed by atoms with Gasteiger partial charge in [0.1, 0.15) is 11.5 Å². The first-order valence-corrected chi connectivity index (χ1v) is 10.1. The molecule has 0 spiro atoms. The van der Waals surface area contributed by atoms with Gasteiger partial charge in [-0.3, -0.25) is 9.78 Å². The molecule has 1 atom stereocenters. The standard InChI is InChI=1S/C22H27N5O/c1-15(2)13-19(21-24-17-7-3-4-8-18(17)25-21)26-22(28)20-14-16(9-10-23-20)27-11-5-6-12-27/h3-4,7-10,14-15,19H,5-6,11-13H2,1-2H3,(H,24,25)(H,26,28). The van der Waals surface area contributed by atoms with Gasteiger partial charge in [0.25, 0.3) is 5.91 Å². The van der Waals surface area contributed by atoms with Gasteiger partial charge < -0.3 is 15.2 Å². The molecule has 3 aromatic rings. The molecule has 2 N–H and O–H groups in total. The Morgan fingerprint density at radius 1 is 1.21 bits per heavy atom. The van der Waals surface area contributed by atoms with E-state index in [2.05, 4.69) is 34.0 Å². The van der Waals surface area contributed by atoms with Gasteiger partial charge in [0, 0.05) is 25.0 Å². The number of nitrogens with one attached hydrogen (secondary N) is 2. The van der Waals surface area contributed by atoms with Crippen LogP contribution < -0.4 is 10.2 Å². The maximum absolute atomic E-state index is 13.0. The third-order valence-electron chi connectivity index (χ3n) is 5.20. The molecule has 1 unspecified atom stereocenters. The third-order valence-corrected chi connectivity index (χ3v) is 5.20. The second kappa shape index (κ2) is 8.00. The minimum absolute atomic E-state index is 0.160. The van der Waals surface area contributed by atoms with Crippen LogP contribution in [0.5, 0.6) is 0 Å². The highest BCUT2D eigenvalue weighted by Crippen LogP contribution is 2.24. The van der Waals surface area contributed by atoms with E-state index in [4.69, 9.17) is 4.98 Å². The van der Waals surface area contributed by atoms with Gasteiger partial charge in [-0.15, -0.1) is 0 Å². The number of hydrogen-bond acceptors (Lipinski definition) is 4. The molecular weight excluding hydrogens is 350 g/mol. The lowest BCUT2D eigenvalue weighted by molar-refractivity contribution is 0.0925. The summed E-state index contributed by atoms with van der Waals surface area (Å²) in [7, 11) is 0. The van der Waals surface area contributed by atoms with Gasteiger partial charge in [-0.25, -0.2) is 4.98 Å². The highest BCUT2D eigenvalue weighted by atomic mass is 16.1. The molecule has 1 aliphatic heterocycles. The van der Waals surface area contributed by atoms with E-state index in [9.17, 15) is 4.79 Å². The van der Waals surface area contributed by atoms with E-state index in [0.717, 1.165) is 42.1 Å². The predicted molar refractivity (Wildman–Crippen MR) is 111 cm³/mol. The van der Waals surface area contributed by atoms with Crippen LogP contribution in [0.4, 0.5) is 5.69 Å². The number of aromatic amines is 1. The lowest BCUT2D eigenvalue weighted by atomic mass is 10.0. The van der Waals surface area contributed by atoms with Crippen molar-refractivity contribution in [3.63, 3.8) is 0 Å². The number of pyridine rings is 1. The Balaban J connectivity index is 1.56. The Hall–Kier alpha value is -2.89. The van der Waals surface area contributed by atoms with E-state index in [1.54, 1.807) is 6.20 Å². The summed E-state index contributed by atoms with van der Waals surface area (Å²) in [4.78, 5) is 27.6. The van der Waals surface area contributed by atoms with E-state index >= 15 is 0 Å². The summed E-state index contributed by atoms with van der Waals surface area (Å²) in [5.41, 5.74) is 3.42. The molecule has 1 aliphatic rings. The highest BCUT2D eigenvalue weighted by Gasteiger charge is 2.22. The number of para-hydroxylation sites is 2. The first kappa shape index (κ1) is 18.5. The Kier molecular flexibility index (Phi) is 5.28. The quantitative estimate of drug-likeness (QED) is 0.679. The lowest BCUT2D eigenvalue weighted by Crippen LogP contribution is -2.31. The summed E-state index contributed by atoms with van der Waals surface area (Å²) in [6, 6.07) is 11.6. The maximum Gasteiger partial charge on any atom is 0.270 e. The van der Waals surface area contributed by atoms with Crippen LogP contribution in [0.3, 0.4) is 0 Å². The molecule has 0 radical (unpaired) electrons. The van der Waals surface area contributed by atoms with E-state index in [1.165, 1.54) is 12.8 Å². The second-order valence-electron chi connectivity index (χ2n) is 7.89. The number of carbonyl (C=O) groups excluding carboxylic acids is 1. The van der Waals surface area contributed by atoms with E-state index in [-0.39, 0.29) is 11.9 Å². The van der Waals surface area contributed by atoms with Crippen molar-refractivity contribution in [3.8, 4) is 0 Å². The molecule has 2 aromatic heterocycles. The number of H-pyrrole nitrogens is 1. The third kappa shape index (κ3) is 4.01. The zero-order valence-electron chi connectivity index (χ0n) is 16.5. The fourth-order valence-corrected chi connectivity index (χ4v) is 3.80. The molecule has 1 aromatic carbocycles. The molecule has 1 amide bonds. The number of amides is 1. The van der Waals surface area contributed by atoms with E-state index < -0.39 is 0 Å². The Labute approximate surface area is 165 Å². The van der Waals surface area contributed by atoms with Crippen molar-refractivity contribution < 1.29 is 4.79 Å². The SMILES string of the molecule is CC(C)CC(NC(=O)c1cc(N2CCCC2)ccn1)c1nc2ccccc2[nH]1. The fourth-order valence-electron chi connectivity index (χ4n) is 3.80. The average molecular weight is 377 g/mol. The summed E-state index contributed by atoms with van der Waals surface area (Å²) in [6.07, 6.45) is 4.93. The van der Waals surface area contributed by atoms with Crippen LogP contribution in [0, 0.1) is 5.92 Å². The lowest BCUT2D eigenvalue weighted by Gasteiger charge is -2.20. The van der Waals surface area contributed by atoms with E-state index in [0.29, 0.717) is 11.6 Å². The van der Waals surface area contributed by atoms with Crippen LogP contribution in [-0.2, 0) is 0 Å². The van der Waals surface area contributed by atoms with E-state index in [1.807, 2.05) is 36.4 Å². The number of rotatable bonds is 6. The average Bonchev–Trinajstić information content (AvgIpc) is 3.37. The van der Waals surface area contributed by atoms with Crippen LogP contribution in [0.25, 0.3) is 11.0 Å². The fraction of sp³-hybridized carbons (Fsp3) is 0.409. The van der Waals surface area contributed by atoms with Crippen molar-refractivity contribution in [1.82, 2.24) is 20.3 Å². The normalized spacial score (nSPS) is 15.3. The van der Waals surface area contributed by atoms with Crippen molar-refractivity contribution in [2.24, 2.45) is 5.92 Å². The molecular formula is C22H27N5O. The van der Waals surface area contributed by atoms with Crippen LogP contribution in [0.2, 0.25) is 0 Å². The van der Waals surface area contributed by atoms with Gasteiger partial charge in [0.15, 0.2) is 0 Å². The number of aromatic nitrogens is 3. The summed E-state index contributed by atoms with van der Waals surface area (Å²) < 4.78 is 0. The minimum Gasteiger partial charge on any atom is -0.371 e. The number of benzene rings is 1. The van der Waals surface area contributed by atoms with Gasteiger partial charge >= 0.3 is 0 Å². The summed E-state index contributed by atoms with van der Waals surface area (Å²) in [5, 5.41) is 3.15. The monoisotopic (exact) mass is 377 g/mol. The zero-order chi connectivity index (χ0) is 19.5. The minimum atomic E-state index is -0.183. The molecule has 1 saturated heterocycles. The first-order chi connectivity index (χ1) is 13.6. The van der Waals surface area contributed by atoms with Crippen molar-refractivity contribution in [2.45, 2.75) is 39.2 Å². The zero-order valence-corrected chi connectivity index (χ0v) is 16.5. The topological polar surface area (TPSA) is 73.9 Å². The molecule has 6 heteroatoms. The van der Waals surface area contributed by atoms with Gasteiger partial charge in [-0.1, -0.05) is 26.0 Å². The largest absolute Gasteiger partial charge is 0.371 e. The Bertz CT molecular complexity index is 925. The number of imidazole rings is 1.